The quantitative estimate of drug-likeness (QED) is 0.355. The van der Waals surface area contributed by atoms with Crippen molar-refractivity contribution in [3.8, 4) is 21.6 Å². The van der Waals surface area contributed by atoms with Crippen molar-refractivity contribution in [2.45, 2.75) is 58.8 Å². The molecule has 3 heteroatoms. The van der Waals surface area contributed by atoms with Gasteiger partial charge in [-0.1, -0.05) is 68.5 Å². The normalized spacial score (nSPS) is 18.8. The SMILES string of the molecule is CCCC1CCC(CCc2ccc(-c3ccc(-c4ccc(C)cc4)c(F)c3F)s2)C1. The van der Waals surface area contributed by atoms with Gasteiger partial charge in [-0.25, -0.2) is 8.78 Å². The Morgan fingerprint density at radius 2 is 1.50 bits per heavy atom. The summed E-state index contributed by atoms with van der Waals surface area (Å²) < 4.78 is 29.7. The van der Waals surface area contributed by atoms with E-state index in [0.717, 1.165) is 28.7 Å². The van der Waals surface area contributed by atoms with Crippen molar-refractivity contribution >= 4 is 11.3 Å². The predicted octanol–water partition coefficient (Wildman–Crippen LogP) is 8.82. The Morgan fingerprint density at radius 3 is 2.23 bits per heavy atom. The van der Waals surface area contributed by atoms with Crippen LogP contribution in [0.25, 0.3) is 21.6 Å². The topological polar surface area (TPSA) is 0 Å². The minimum Gasteiger partial charge on any atom is -0.203 e. The van der Waals surface area contributed by atoms with Crippen molar-refractivity contribution in [2.75, 3.05) is 0 Å². The van der Waals surface area contributed by atoms with Crippen molar-refractivity contribution in [1.29, 1.82) is 0 Å². The number of hydrogen-bond acceptors (Lipinski definition) is 1. The van der Waals surface area contributed by atoms with Gasteiger partial charge in [0, 0.05) is 20.9 Å². The highest BCUT2D eigenvalue weighted by Crippen LogP contribution is 2.38. The molecule has 0 amide bonds. The Labute approximate surface area is 183 Å². The van der Waals surface area contributed by atoms with Crippen LogP contribution in [-0.4, -0.2) is 0 Å². The monoisotopic (exact) mass is 424 g/mol. The Kier molecular flexibility index (Phi) is 6.67. The molecule has 1 fully saturated rings. The molecule has 0 aliphatic heterocycles. The van der Waals surface area contributed by atoms with Crippen LogP contribution in [0.2, 0.25) is 0 Å². The van der Waals surface area contributed by atoms with Gasteiger partial charge < -0.3 is 0 Å². The molecule has 0 spiro atoms. The molecule has 0 saturated heterocycles. The van der Waals surface area contributed by atoms with E-state index in [-0.39, 0.29) is 0 Å². The molecule has 2 unspecified atom stereocenters. The van der Waals surface area contributed by atoms with Gasteiger partial charge in [0.15, 0.2) is 11.6 Å². The lowest BCUT2D eigenvalue weighted by Crippen LogP contribution is -1.98. The van der Waals surface area contributed by atoms with Gasteiger partial charge in [0.25, 0.3) is 0 Å². The van der Waals surface area contributed by atoms with Crippen molar-refractivity contribution < 1.29 is 8.78 Å². The fourth-order valence-electron chi connectivity index (χ4n) is 4.81. The third kappa shape index (κ3) is 4.67. The molecule has 0 radical (unpaired) electrons. The molecule has 3 aromatic rings. The lowest BCUT2D eigenvalue weighted by molar-refractivity contribution is 0.444. The van der Waals surface area contributed by atoms with E-state index in [1.165, 1.54) is 43.4 Å². The third-order valence-corrected chi connectivity index (χ3v) is 7.70. The summed E-state index contributed by atoms with van der Waals surface area (Å²) in [5.41, 5.74) is 2.48. The molecule has 2 atom stereocenters. The standard InChI is InChI=1S/C27H30F2S/c1-3-4-19-7-8-20(17-19)9-12-22-13-16-25(30-22)24-15-14-23(26(28)27(24)29)21-10-5-18(2)6-11-21/h5-6,10-11,13-16,19-20H,3-4,7-9,12,17H2,1-2H3. The zero-order valence-electron chi connectivity index (χ0n) is 17.9. The Bertz CT molecular complexity index is 987. The van der Waals surface area contributed by atoms with E-state index in [1.54, 1.807) is 23.5 Å². The van der Waals surface area contributed by atoms with Crippen LogP contribution in [0, 0.1) is 30.4 Å². The van der Waals surface area contributed by atoms with E-state index >= 15 is 0 Å². The van der Waals surface area contributed by atoms with E-state index in [1.807, 2.05) is 37.3 Å². The first-order valence-electron chi connectivity index (χ1n) is 11.2. The molecular formula is C27H30F2S. The Morgan fingerprint density at radius 1 is 0.833 bits per heavy atom. The molecule has 4 rings (SSSR count). The van der Waals surface area contributed by atoms with Crippen molar-refractivity contribution in [1.82, 2.24) is 0 Å². The highest BCUT2D eigenvalue weighted by Gasteiger charge is 2.24. The van der Waals surface area contributed by atoms with Crippen molar-refractivity contribution in [2.24, 2.45) is 11.8 Å². The van der Waals surface area contributed by atoms with Crippen LogP contribution in [0.15, 0.2) is 48.5 Å². The maximum Gasteiger partial charge on any atom is 0.168 e. The maximum absolute atomic E-state index is 14.9. The minimum atomic E-state index is -0.765. The van der Waals surface area contributed by atoms with Crippen LogP contribution in [0.1, 0.15) is 55.9 Å². The first kappa shape index (κ1) is 21.2. The maximum atomic E-state index is 14.9. The highest BCUT2D eigenvalue weighted by atomic mass is 32.1. The predicted molar refractivity (Wildman–Crippen MR) is 124 cm³/mol. The average molecular weight is 425 g/mol. The summed E-state index contributed by atoms with van der Waals surface area (Å²) in [4.78, 5) is 2.08. The molecule has 1 aromatic heterocycles. The van der Waals surface area contributed by atoms with E-state index in [4.69, 9.17) is 0 Å². The summed E-state index contributed by atoms with van der Waals surface area (Å²) in [5.74, 6) is 0.233. The van der Waals surface area contributed by atoms with E-state index in [9.17, 15) is 8.78 Å². The van der Waals surface area contributed by atoms with Crippen molar-refractivity contribution in [3.05, 3.63) is 70.6 Å². The van der Waals surface area contributed by atoms with Gasteiger partial charge in [0.1, 0.15) is 0 Å². The van der Waals surface area contributed by atoms with Crippen LogP contribution in [-0.2, 0) is 6.42 Å². The third-order valence-electron chi connectivity index (χ3n) is 6.52. The lowest BCUT2D eigenvalue weighted by Gasteiger charge is -2.10. The molecule has 0 bridgehead atoms. The summed E-state index contributed by atoms with van der Waals surface area (Å²) >= 11 is 1.60. The van der Waals surface area contributed by atoms with Crippen LogP contribution in [0.5, 0.6) is 0 Å². The number of rotatable bonds is 7. The fourth-order valence-corrected chi connectivity index (χ4v) is 5.85. The number of aryl methyl sites for hydroxylation is 2. The second-order valence-corrected chi connectivity index (χ2v) is 9.96. The molecule has 1 aliphatic rings. The van der Waals surface area contributed by atoms with Gasteiger partial charge in [-0.15, -0.1) is 11.3 Å². The summed E-state index contributed by atoms with van der Waals surface area (Å²) in [6, 6.07) is 15.0. The Hall–Kier alpha value is -2.00. The zero-order chi connectivity index (χ0) is 21.1. The smallest absolute Gasteiger partial charge is 0.168 e. The first-order valence-corrected chi connectivity index (χ1v) is 12.0. The van der Waals surface area contributed by atoms with E-state index < -0.39 is 11.6 Å². The second-order valence-electron chi connectivity index (χ2n) is 8.79. The molecule has 0 nitrogen and oxygen atoms in total. The van der Waals surface area contributed by atoms with Gasteiger partial charge in [-0.3, -0.25) is 0 Å². The molecule has 1 aliphatic carbocycles. The van der Waals surface area contributed by atoms with Gasteiger partial charge in [0.2, 0.25) is 0 Å². The summed E-state index contributed by atoms with van der Waals surface area (Å²) in [6.45, 7) is 4.25. The number of thiophene rings is 1. The summed E-state index contributed by atoms with van der Waals surface area (Å²) in [7, 11) is 0. The lowest BCUT2D eigenvalue weighted by atomic mass is 9.97. The molecular weight excluding hydrogens is 394 g/mol. The number of hydrogen-bond donors (Lipinski definition) is 0. The molecule has 30 heavy (non-hydrogen) atoms. The van der Waals surface area contributed by atoms with E-state index in [2.05, 4.69) is 13.0 Å². The fraction of sp³-hybridized carbons (Fsp3) is 0.407. The minimum absolute atomic E-state index is 0.316. The number of benzene rings is 2. The molecule has 1 saturated carbocycles. The zero-order valence-corrected chi connectivity index (χ0v) is 18.7. The highest BCUT2D eigenvalue weighted by molar-refractivity contribution is 7.15. The van der Waals surface area contributed by atoms with Crippen LogP contribution in [0.3, 0.4) is 0 Å². The van der Waals surface area contributed by atoms with Crippen LogP contribution < -0.4 is 0 Å². The Balaban J connectivity index is 1.45. The van der Waals surface area contributed by atoms with Crippen LogP contribution in [0.4, 0.5) is 8.78 Å². The van der Waals surface area contributed by atoms with Gasteiger partial charge in [-0.2, -0.15) is 0 Å². The van der Waals surface area contributed by atoms with Crippen molar-refractivity contribution in [3.63, 3.8) is 0 Å². The second kappa shape index (κ2) is 9.43. The van der Waals surface area contributed by atoms with E-state index in [0.29, 0.717) is 16.7 Å². The van der Waals surface area contributed by atoms with Gasteiger partial charge in [0.05, 0.1) is 0 Å². The van der Waals surface area contributed by atoms with Crippen LogP contribution >= 0.6 is 11.3 Å². The van der Waals surface area contributed by atoms with Gasteiger partial charge in [-0.05, 0) is 61.8 Å². The largest absolute Gasteiger partial charge is 0.203 e. The molecule has 2 aromatic carbocycles. The molecule has 0 N–H and O–H groups in total. The molecule has 1 heterocycles. The summed E-state index contributed by atoms with van der Waals surface area (Å²) in [5, 5.41) is 0. The number of halogens is 2. The average Bonchev–Trinajstić information content (AvgIpc) is 3.39. The summed E-state index contributed by atoms with van der Waals surface area (Å²) in [6.07, 6.45) is 9.00. The molecule has 158 valence electrons. The van der Waals surface area contributed by atoms with Gasteiger partial charge >= 0.3 is 0 Å². The first-order chi connectivity index (χ1) is 14.5.